The van der Waals surface area contributed by atoms with Crippen LogP contribution in [0, 0.1) is 20.8 Å². The molecule has 0 bridgehead atoms. The van der Waals surface area contributed by atoms with E-state index in [2.05, 4.69) is 68.2 Å². The van der Waals surface area contributed by atoms with E-state index in [0.29, 0.717) is 12.6 Å². The molecule has 0 aliphatic carbocycles. The highest BCUT2D eigenvalue weighted by Crippen LogP contribution is 2.22. The summed E-state index contributed by atoms with van der Waals surface area (Å²) in [5.41, 5.74) is 5.81. The molecule has 2 atom stereocenters. The molecule has 2 heterocycles. The van der Waals surface area contributed by atoms with E-state index in [9.17, 15) is 4.79 Å². The van der Waals surface area contributed by atoms with Crippen molar-refractivity contribution in [1.82, 2.24) is 4.57 Å². The Labute approximate surface area is 144 Å². The second-order valence-corrected chi connectivity index (χ2v) is 7.15. The van der Waals surface area contributed by atoms with E-state index in [4.69, 9.17) is 0 Å². The van der Waals surface area contributed by atoms with Gasteiger partial charge in [-0.2, -0.15) is 0 Å². The van der Waals surface area contributed by atoms with Crippen LogP contribution in [0.3, 0.4) is 0 Å². The summed E-state index contributed by atoms with van der Waals surface area (Å²) < 4.78 is 2.18. The van der Waals surface area contributed by atoms with E-state index >= 15 is 0 Å². The molecule has 4 nitrogen and oxygen atoms in total. The first kappa shape index (κ1) is 16.8. The number of likely N-dealkylation sites (tertiary alicyclic amines) is 1. The minimum Gasteiger partial charge on any atom is -0.350 e. The van der Waals surface area contributed by atoms with Gasteiger partial charge in [-0.1, -0.05) is 17.7 Å². The summed E-state index contributed by atoms with van der Waals surface area (Å²) in [6.07, 6.45) is 4.43. The molecule has 1 aliphatic rings. The fraction of sp³-hybridized carbons (Fsp3) is 0.450. The van der Waals surface area contributed by atoms with Gasteiger partial charge in [0.1, 0.15) is 6.04 Å². The van der Waals surface area contributed by atoms with Gasteiger partial charge in [0, 0.05) is 31.8 Å². The van der Waals surface area contributed by atoms with Gasteiger partial charge in [-0.15, -0.1) is 0 Å². The van der Waals surface area contributed by atoms with E-state index in [0.717, 1.165) is 29.8 Å². The zero-order valence-electron chi connectivity index (χ0n) is 15.1. The molecule has 3 rings (SSSR count). The van der Waals surface area contributed by atoms with Crippen molar-refractivity contribution in [2.75, 3.05) is 18.4 Å². The summed E-state index contributed by atoms with van der Waals surface area (Å²) in [6.45, 7) is 7.80. The summed E-state index contributed by atoms with van der Waals surface area (Å²) in [5.74, 6) is 0.112. The molecule has 1 aliphatic heterocycles. The fourth-order valence-corrected chi connectivity index (χ4v) is 4.08. The number of anilines is 1. The second kappa shape index (κ2) is 6.81. The van der Waals surface area contributed by atoms with Gasteiger partial charge < -0.3 is 14.8 Å². The van der Waals surface area contributed by atoms with Crippen molar-refractivity contribution in [3.05, 3.63) is 52.8 Å². The third kappa shape index (κ3) is 3.39. The van der Waals surface area contributed by atoms with Crippen molar-refractivity contribution >= 4 is 11.6 Å². The van der Waals surface area contributed by atoms with Crippen LogP contribution in [0.1, 0.15) is 41.3 Å². The van der Waals surface area contributed by atoms with Crippen molar-refractivity contribution < 1.29 is 9.69 Å². The van der Waals surface area contributed by atoms with Gasteiger partial charge in [0.15, 0.2) is 6.54 Å². The summed E-state index contributed by atoms with van der Waals surface area (Å²) in [7, 11) is 2.09. The lowest BCUT2D eigenvalue weighted by Crippen LogP contribution is -3.11. The molecule has 0 radical (unpaired) electrons. The van der Waals surface area contributed by atoms with Gasteiger partial charge in [0.05, 0.1) is 12.2 Å². The van der Waals surface area contributed by atoms with E-state index in [-0.39, 0.29) is 5.91 Å². The smallest absolute Gasteiger partial charge is 0.279 e. The van der Waals surface area contributed by atoms with Crippen LogP contribution in [0.5, 0.6) is 0 Å². The number of benzene rings is 1. The predicted molar refractivity (Wildman–Crippen MR) is 97.4 cm³/mol. The van der Waals surface area contributed by atoms with Gasteiger partial charge >= 0.3 is 0 Å². The molecule has 4 heteroatoms. The Morgan fingerprint density at radius 2 is 2.00 bits per heavy atom. The minimum absolute atomic E-state index is 0.112. The summed E-state index contributed by atoms with van der Waals surface area (Å²) in [5, 5.41) is 3.15. The molecular weight excluding hydrogens is 298 g/mol. The highest BCUT2D eigenvalue weighted by molar-refractivity contribution is 5.93. The van der Waals surface area contributed by atoms with Crippen LogP contribution >= 0.6 is 0 Å². The average molecular weight is 326 g/mol. The van der Waals surface area contributed by atoms with Gasteiger partial charge in [-0.25, -0.2) is 0 Å². The average Bonchev–Trinajstić information content (AvgIpc) is 3.11. The lowest BCUT2D eigenvalue weighted by molar-refractivity contribution is -0.910. The SMILES string of the molecule is Cc1cc(C)c(NC(=O)C[NH+]2CCC[C@@H]2c2cccn2C)c(C)c1. The number of nitrogens with zero attached hydrogens (tertiary/aromatic N) is 1. The number of rotatable bonds is 4. The number of aromatic nitrogens is 1. The first-order valence-electron chi connectivity index (χ1n) is 8.79. The normalized spacial score (nSPS) is 20.3. The van der Waals surface area contributed by atoms with Crippen LogP contribution in [0.15, 0.2) is 30.5 Å². The summed E-state index contributed by atoms with van der Waals surface area (Å²) >= 11 is 0. The molecular formula is C20H28N3O+. The van der Waals surface area contributed by atoms with Crippen LogP contribution in [0.25, 0.3) is 0 Å². The highest BCUT2D eigenvalue weighted by atomic mass is 16.2. The third-order valence-corrected chi connectivity index (χ3v) is 5.15. The number of nitrogens with one attached hydrogen (secondary N) is 2. The molecule has 1 saturated heterocycles. The molecule has 2 N–H and O–H groups in total. The van der Waals surface area contributed by atoms with E-state index in [1.54, 1.807) is 0 Å². The molecule has 1 fully saturated rings. The second-order valence-electron chi connectivity index (χ2n) is 7.15. The van der Waals surface area contributed by atoms with Gasteiger partial charge in [-0.3, -0.25) is 4.79 Å². The van der Waals surface area contributed by atoms with Crippen LogP contribution < -0.4 is 10.2 Å². The van der Waals surface area contributed by atoms with Crippen molar-refractivity contribution in [2.45, 2.75) is 39.7 Å². The number of hydrogen-bond acceptors (Lipinski definition) is 1. The number of amides is 1. The summed E-state index contributed by atoms with van der Waals surface area (Å²) in [6, 6.07) is 8.94. The molecule has 1 amide bonds. The molecule has 1 aromatic carbocycles. The van der Waals surface area contributed by atoms with E-state index in [1.165, 1.54) is 22.6 Å². The number of carbonyl (C=O) groups excluding carboxylic acids is 1. The molecule has 128 valence electrons. The Morgan fingerprint density at radius 3 is 2.62 bits per heavy atom. The van der Waals surface area contributed by atoms with Gasteiger partial charge in [0.25, 0.3) is 5.91 Å². The van der Waals surface area contributed by atoms with Crippen molar-refractivity contribution in [3.8, 4) is 0 Å². The Kier molecular flexibility index (Phi) is 4.76. The molecule has 24 heavy (non-hydrogen) atoms. The minimum atomic E-state index is 0.112. The van der Waals surface area contributed by atoms with Crippen LogP contribution in [0.2, 0.25) is 0 Å². The Bertz CT molecular complexity index is 724. The Morgan fingerprint density at radius 1 is 1.29 bits per heavy atom. The largest absolute Gasteiger partial charge is 0.350 e. The quantitative estimate of drug-likeness (QED) is 0.889. The number of quaternary nitrogens is 1. The van der Waals surface area contributed by atoms with Gasteiger partial charge in [-0.05, 0) is 44.0 Å². The van der Waals surface area contributed by atoms with Crippen LogP contribution in [-0.4, -0.2) is 23.6 Å². The first-order valence-corrected chi connectivity index (χ1v) is 8.79. The third-order valence-electron chi connectivity index (χ3n) is 5.15. The number of aryl methyl sites for hydroxylation is 4. The van der Waals surface area contributed by atoms with E-state index < -0.39 is 0 Å². The lowest BCUT2D eigenvalue weighted by Gasteiger charge is -2.22. The standard InChI is InChI=1S/C20H27N3O/c1-14-11-15(2)20(16(3)12-14)21-19(24)13-23-10-6-8-18(23)17-7-5-9-22(17)4/h5,7,9,11-12,18H,6,8,10,13H2,1-4H3,(H,21,24)/p+1/t18-/m1/s1. The Balaban J connectivity index is 1.70. The van der Waals surface area contributed by atoms with E-state index in [1.807, 2.05) is 0 Å². The van der Waals surface area contributed by atoms with Crippen molar-refractivity contribution in [2.24, 2.45) is 7.05 Å². The van der Waals surface area contributed by atoms with Crippen molar-refractivity contribution in [1.29, 1.82) is 0 Å². The zero-order valence-corrected chi connectivity index (χ0v) is 15.1. The van der Waals surface area contributed by atoms with Gasteiger partial charge in [0.2, 0.25) is 0 Å². The molecule has 0 saturated carbocycles. The molecule has 2 aromatic rings. The molecule has 0 spiro atoms. The van der Waals surface area contributed by atoms with Crippen LogP contribution in [0.4, 0.5) is 5.69 Å². The first-order chi connectivity index (χ1) is 11.5. The lowest BCUT2D eigenvalue weighted by atomic mass is 10.1. The summed E-state index contributed by atoms with van der Waals surface area (Å²) in [4.78, 5) is 14.0. The van der Waals surface area contributed by atoms with Crippen LogP contribution in [-0.2, 0) is 11.8 Å². The number of hydrogen-bond donors (Lipinski definition) is 2. The fourth-order valence-electron chi connectivity index (χ4n) is 4.08. The number of carbonyl (C=O) groups is 1. The van der Waals surface area contributed by atoms with Crippen molar-refractivity contribution in [3.63, 3.8) is 0 Å². The highest BCUT2D eigenvalue weighted by Gasteiger charge is 2.33. The monoisotopic (exact) mass is 326 g/mol. The molecule has 1 unspecified atom stereocenters. The maximum absolute atomic E-state index is 12.6. The zero-order chi connectivity index (χ0) is 17.3. The maximum Gasteiger partial charge on any atom is 0.279 e. The predicted octanol–water partition coefficient (Wildman–Crippen LogP) is 2.31. The molecule has 1 aromatic heterocycles. The maximum atomic E-state index is 12.6. The Hall–Kier alpha value is -2.07. The topological polar surface area (TPSA) is 38.5 Å².